The number of likely N-dealkylation sites (N-methyl/N-ethyl adjacent to an activating group) is 1. The first-order valence-corrected chi connectivity index (χ1v) is 9.59. The van der Waals surface area contributed by atoms with E-state index in [1.54, 1.807) is 18.2 Å². The van der Waals surface area contributed by atoms with Gasteiger partial charge in [-0.05, 0) is 24.7 Å². The average Bonchev–Trinajstić information content (AvgIpc) is 2.45. The second-order valence-electron chi connectivity index (χ2n) is 5.55. The van der Waals surface area contributed by atoms with E-state index in [-0.39, 0.29) is 5.75 Å². The molecular formula is C14H21Cl2N3O2S. The van der Waals surface area contributed by atoms with Crippen molar-refractivity contribution >= 4 is 33.2 Å². The Balaban J connectivity index is 1.79. The molecule has 0 unspecified atom stereocenters. The van der Waals surface area contributed by atoms with Crippen molar-refractivity contribution in [3.63, 3.8) is 0 Å². The number of benzene rings is 1. The molecule has 0 bridgehead atoms. The molecule has 0 saturated carbocycles. The Morgan fingerprint density at radius 2 is 1.82 bits per heavy atom. The molecule has 1 heterocycles. The van der Waals surface area contributed by atoms with Crippen LogP contribution in [0.5, 0.6) is 0 Å². The van der Waals surface area contributed by atoms with Crippen LogP contribution in [-0.4, -0.2) is 64.5 Å². The molecule has 22 heavy (non-hydrogen) atoms. The summed E-state index contributed by atoms with van der Waals surface area (Å²) in [5.74, 6) is -0.0906. The number of sulfonamides is 1. The first-order chi connectivity index (χ1) is 10.4. The number of hydrogen-bond acceptors (Lipinski definition) is 4. The summed E-state index contributed by atoms with van der Waals surface area (Å²) in [6.07, 6.45) is 0. The SMILES string of the molecule is CN1CCN(CCNS(=O)(=O)Cc2ccc(Cl)c(Cl)c2)CC1. The summed E-state index contributed by atoms with van der Waals surface area (Å²) in [6.45, 7) is 5.16. The van der Waals surface area contributed by atoms with E-state index in [0.717, 1.165) is 32.7 Å². The van der Waals surface area contributed by atoms with E-state index in [2.05, 4.69) is 21.6 Å². The van der Waals surface area contributed by atoms with Crippen LogP contribution in [0.2, 0.25) is 10.0 Å². The van der Waals surface area contributed by atoms with Gasteiger partial charge in [-0.15, -0.1) is 0 Å². The molecule has 124 valence electrons. The lowest BCUT2D eigenvalue weighted by molar-refractivity contribution is 0.156. The summed E-state index contributed by atoms with van der Waals surface area (Å²) >= 11 is 11.7. The first-order valence-electron chi connectivity index (χ1n) is 7.18. The van der Waals surface area contributed by atoms with Gasteiger partial charge >= 0.3 is 0 Å². The quantitative estimate of drug-likeness (QED) is 0.832. The minimum absolute atomic E-state index is 0.0906. The van der Waals surface area contributed by atoms with Crippen molar-refractivity contribution in [2.75, 3.05) is 46.3 Å². The molecule has 0 atom stereocenters. The summed E-state index contributed by atoms with van der Waals surface area (Å²) in [6, 6.07) is 4.87. The van der Waals surface area contributed by atoms with E-state index in [1.165, 1.54) is 0 Å². The van der Waals surface area contributed by atoms with Gasteiger partial charge in [0.2, 0.25) is 10.0 Å². The fourth-order valence-electron chi connectivity index (χ4n) is 2.33. The van der Waals surface area contributed by atoms with E-state index in [1.807, 2.05) is 0 Å². The lowest BCUT2D eigenvalue weighted by atomic mass is 10.2. The Bertz CT molecular complexity index is 602. The number of nitrogens with zero attached hydrogens (tertiary/aromatic N) is 2. The predicted octanol–water partition coefficient (Wildman–Crippen LogP) is 1.66. The summed E-state index contributed by atoms with van der Waals surface area (Å²) in [4.78, 5) is 4.53. The number of rotatable bonds is 6. The second-order valence-corrected chi connectivity index (χ2v) is 8.17. The molecule has 1 N–H and O–H groups in total. The Morgan fingerprint density at radius 3 is 2.45 bits per heavy atom. The van der Waals surface area contributed by atoms with E-state index < -0.39 is 10.0 Å². The third kappa shape index (κ3) is 5.68. The topological polar surface area (TPSA) is 52.6 Å². The summed E-state index contributed by atoms with van der Waals surface area (Å²) in [5.41, 5.74) is 0.626. The standard InChI is InChI=1S/C14H21Cl2N3O2S/c1-18-6-8-19(9-7-18)5-4-17-22(20,21)11-12-2-3-13(15)14(16)10-12/h2-3,10,17H,4-9,11H2,1H3. The van der Waals surface area contributed by atoms with E-state index in [0.29, 0.717) is 22.2 Å². The van der Waals surface area contributed by atoms with Crippen LogP contribution in [0.1, 0.15) is 5.56 Å². The zero-order valence-corrected chi connectivity index (χ0v) is 14.9. The maximum atomic E-state index is 12.1. The van der Waals surface area contributed by atoms with Crippen LogP contribution in [0.15, 0.2) is 18.2 Å². The van der Waals surface area contributed by atoms with Crippen LogP contribution in [0.25, 0.3) is 0 Å². The minimum Gasteiger partial charge on any atom is -0.304 e. The molecule has 1 saturated heterocycles. The van der Waals surface area contributed by atoms with Crippen LogP contribution < -0.4 is 4.72 Å². The third-order valence-corrected chi connectivity index (χ3v) is 5.78. The fourth-order valence-corrected chi connectivity index (χ4v) is 3.77. The number of piperazine rings is 1. The van der Waals surface area contributed by atoms with Gasteiger partial charge in [-0.1, -0.05) is 29.3 Å². The Labute approximate surface area is 142 Å². The average molecular weight is 366 g/mol. The van der Waals surface area contributed by atoms with E-state index in [9.17, 15) is 8.42 Å². The molecule has 1 aromatic rings. The molecule has 2 rings (SSSR count). The molecule has 0 spiro atoms. The van der Waals surface area contributed by atoms with Gasteiger partial charge in [0.05, 0.1) is 15.8 Å². The molecule has 1 aliphatic rings. The third-order valence-electron chi connectivity index (χ3n) is 3.69. The van der Waals surface area contributed by atoms with E-state index in [4.69, 9.17) is 23.2 Å². The van der Waals surface area contributed by atoms with Gasteiger partial charge in [-0.2, -0.15) is 0 Å². The van der Waals surface area contributed by atoms with Crippen molar-refractivity contribution in [1.29, 1.82) is 0 Å². The van der Waals surface area contributed by atoms with Gasteiger partial charge in [0, 0.05) is 39.3 Å². The maximum absolute atomic E-state index is 12.1. The molecular weight excluding hydrogens is 345 g/mol. The van der Waals surface area contributed by atoms with Crippen molar-refractivity contribution in [2.45, 2.75) is 5.75 Å². The molecule has 1 fully saturated rings. The first kappa shape index (κ1) is 18.0. The van der Waals surface area contributed by atoms with Crippen molar-refractivity contribution < 1.29 is 8.42 Å². The number of halogens is 2. The van der Waals surface area contributed by atoms with Gasteiger partial charge in [0.15, 0.2) is 0 Å². The number of nitrogens with one attached hydrogen (secondary N) is 1. The molecule has 0 aromatic heterocycles. The van der Waals surface area contributed by atoms with Crippen molar-refractivity contribution in [3.05, 3.63) is 33.8 Å². The van der Waals surface area contributed by atoms with Crippen molar-refractivity contribution in [2.24, 2.45) is 0 Å². The van der Waals surface area contributed by atoms with E-state index >= 15 is 0 Å². The van der Waals surface area contributed by atoms with Crippen LogP contribution >= 0.6 is 23.2 Å². The smallest absolute Gasteiger partial charge is 0.215 e. The molecule has 0 aliphatic carbocycles. The molecule has 8 heteroatoms. The zero-order valence-electron chi connectivity index (χ0n) is 12.6. The second kappa shape index (κ2) is 7.95. The molecule has 1 aliphatic heterocycles. The highest BCUT2D eigenvalue weighted by atomic mass is 35.5. The van der Waals surface area contributed by atoms with Gasteiger partial charge in [-0.25, -0.2) is 13.1 Å². The van der Waals surface area contributed by atoms with Gasteiger partial charge in [0.25, 0.3) is 0 Å². The van der Waals surface area contributed by atoms with Gasteiger partial charge in [-0.3, -0.25) is 4.90 Å². The predicted molar refractivity (Wildman–Crippen MR) is 91.0 cm³/mol. The summed E-state index contributed by atoms with van der Waals surface area (Å²) < 4.78 is 26.8. The molecule has 1 aromatic carbocycles. The Morgan fingerprint density at radius 1 is 1.14 bits per heavy atom. The van der Waals surface area contributed by atoms with Crippen LogP contribution in [0.3, 0.4) is 0 Å². The van der Waals surface area contributed by atoms with Crippen LogP contribution in [0, 0.1) is 0 Å². The minimum atomic E-state index is -3.36. The normalized spacial score (nSPS) is 17.8. The fraction of sp³-hybridized carbons (Fsp3) is 0.571. The van der Waals surface area contributed by atoms with Gasteiger partial charge in [0.1, 0.15) is 0 Å². The number of hydrogen-bond donors (Lipinski definition) is 1. The Hall–Kier alpha value is -0.370. The highest BCUT2D eigenvalue weighted by Crippen LogP contribution is 2.23. The van der Waals surface area contributed by atoms with Crippen LogP contribution in [-0.2, 0) is 15.8 Å². The summed E-state index contributed by atoms with van der Waals surface area (Å²) in [5, 5.41) is 0.789. The van der Waals surface area contributed by atoms with Crippen molar-refractivity contribution in [3.8, 4) is 0 Å². The maximum Gasteiger partial charge on any atom is 0.215 e. The van der Waals surface area contributed by atoms with Crippen molar-refractivity contribution in [1.82, 2.24) is 14.5 Å². The highest BCUT2D eigenvalue weighted by molar-refractivity contribution is 7.88. The monoisotopic (exact) mass is 365 g/mol. The lowest BCUT2D eigenvalue weighted by Gasteiger charge is -2.32. The zero-order chi connectivity index (χ0) is 16.2. The Kier molecular flexibility index (Phi) is 6.49. The van der Waals surface area contributed by atoms with Crippen LogP contribution in [0.4, 0.5) is 0 Å². The lowest BCUT2D eigenvalue weighted by Crippen LogP contribution is -2.46. The van der Waals surface area contributed by atoms with Gasteiger partial charge < -0.3 is 4.90 Å². The highest BCUT2D eigenvalue weighted by Gasteiger charge is 2.16. The summed E-state index contributed by atoms with van der Waals surface area (Å²) in [7, 11) is -1.27. The molecule has 0 radical (unpaired) electrons. The molecule has 0 amide bonds. The molecule has 5 nitrogen and oxygen atoms in total. The largest absolute Gasteiger partial charge is 0.304 e.